The maximum Gasteiger partial charge on any atom is 0.304 e. The zero-order valence-corrected chi connectivity index (χ0v) is 10.4. The number of carbonyl (C=O) groups is 1. The van der Waals surface area contributed by atoms with Crippen LogP contribution < -0.4 is 4.72 Å². The quantitative estimate of drug-likeness (QED) is 0.869. The van der Waals surface area contributed by atoms with E-state index < -0.39 is 50.5 Å². The zero-order chi connectivity index (χ0) is 13.9. The van der Waals surface area contributed by atoms with Crippen molar-refractivity contribution in [3.05, 3.63) is 28.8 Å². The third-order valence-corrected chi connectivity index (χ3v) is 3.40. The van der Waals surface area contributed by atoms with Gasteiger partial charge in [-0.15, -0.1) is 0 Å². The molecule has 9 heteroatoms. The summed E-state index contributed by atoms with van der Waals surface area (Å²) in [6.07, 6.45) is -0.643. The molecule has 0 amide bonds. The second-order valence-corrected chi connectivity index (χ2v) is 5.56. The van der Waals surface area contributed by atoms with Gasteiger partial charge < -0.3 is 5.11 Å². The molecule has 18 heavy (non-hydrogen) atoms. The Morgan fingerprint density at radius 2 is 2.00 bits per heavy atom. The lowest BCUT2D eigenvalue weighted by molar-refractivity contribution is -0.136. The molecule has 0 aliphatic carbocycles. The van der Waals surface area contributed by atoms with Crippen LogP contribution in [-0.2, 0) is 14.8 Å². The molecular formula is C9H8ClF2NO4S. The van der Waals surface area contributed by atoms with Crippen LogP contribution in [0.15, 0.2) is 12.1 Å². The number of carboxylic acids is 1. The van der Waals surface area contributed by atoms with Gasteiger partial charge in [0, 0.05) is 6.07 Å². The fourth-order valence-corrected chi connectivity index (χ4v) is 2.43. The fraction of sp³-hybridized carbons (Fsp3) is 0.222. The van der Waals surface area contributed by atoms with Gasteiger partial charge in [-0.2, -0.15) is 0 Å². The van der Waals surface area contributed by atoms with Crippen LogP contribution in [0.1, 0.15) is 6.42 Å². The molecule has 5 nitrogen and oxygen atoms in total. The van der Waals surface area contributed by atoms with Crippen LogP contribution in [0.2, 0.25) is 5.02 Å². The number of sulfonamides is 1. The molecule has 0 unspecified atom stereocenters. The van der Waals surface area contributed by atoms with Gasteiger partial charge in [-0.05, 0) is 6.07 Å². The van der Waals surface area contributed by atoms with Gasteiger partial charge in [0.1, 0.15) is 11.5 Å². The lowest BCUT2D eigenvalue weighted by atomic mass is 10.3. The summed E-state index contributed by atoms with van der Waals surface area (Å²) in [6.45, 7) is 0. The first-order valence-electron chi connectivity index (χ1n) is 4.58. The Labute approximate surface area is 106 Å². The zero-order valence-electron chi connectivity index (χ0n) is 8.78. The van der Waals surface area contributed by atoms with E-state index in [2.05, 4.69) is 0 Å². The maximum atomic E-state index is 13.3. The van der Waals surface area contributed by atoms with E-state index in [1.807, 2.05) is 0 Å². The molecule has 0 heterocycles. The van der Waals surface area contributed by atoms with Crippen molar-refractivity contribution in [3.8, 4) is 0 Å². The minimum Gasteiger partial charge on any atom is -0.481 e. The van der Waals surface area contributed by atoms with Gasteiger partial charge in [0.2, 0.25) is 10.0 Å². The van der Waals surface area contributed by atoms with Crippen LogP contribution >= 0.6 is 11.6 Å². The maximum absolute atomic E-state index is 13.3. The smallest absolute Gasteiger partial charge is 0.304 e. The van der Waals surface area contributed by atoms with E-state index in [4.69, 9.17) is 16.7 Å². The number of hydrogen-bond donors (Lipinski definition) is 2. The molecule has 1 rings (SSSR count). The summed E-state index contributed by atoms with van der Waals surface area (Å²) in [5, 5.41) is 7.89. The predicted octanol–water partition coefficient (Wildman–Crippen LogP) is 1.83. The van der Waals surface area contributed by atoms with Gasteiger partial charge >= 0.3 is 5.97 Å². The van der Waals surface area contributed by atoms with Crippen LogP contribution in [0.25, 0.3) is 0 Å². The highest BCUT2D eigenvalue weighted by atomic mass is 35.5. The Morgan fingerprint density at radius 3 is 2.50 bits per heavy atom. The average molecular weight is 300 g/mol. The van der Waals surface area contributed by atoms with Crippen molar-refractivity contribution in [1.82, 2.24) is 0 Å². The minimum absolute atomic E-state index is 0.452. The van der Waals surface area contributed by atoms with E-state index in [1.54, 1.807) is 4.72 Å². The molecule has 0 saturated carbocycles. The SMILES string of the molecule is O=C(O)CCS(=O)(=O)Nc1c(F)cc(F)cc1Cl. The highest BCUT2D eigenvalue weighted by molar-refractivity contribution is 7.92. The molecule has 1 aromatic rings. The Balaban J connectivity index is 2.94. The van der Waals surface area contributed by atoms with E-state index in [9.17, 15) is 22.0 Å². The van der Waals surface area contributed by atoms with Crippen LogP contribution in [0, 0.1) is 11.6 Å². The Morgan fingerprint density at radius 1 is 1.39 bits per heavy atom. The average Bonchev–Trinajstić information content (AvgIpc) is 2.21. The van der Waals surface area contributed by atoms with Crippen molar-refractivity contribution >= 4 is 33.3 Å². The molecular weight excluding hydrogens is 292 g/mol. The molecule has 0 bridgehead atoms. The van der Waals surface area contributed by atoms with Crippen LogP contribution in [0.4, 0.5) is 14.5 Å². The summed E-state index contributed by atoms with van der Waals surface area (Å²) < 4.78 is 50.6. The van der Waals surface area contributed by atoms with Crippen molar-refractivity contribution in [1.29, 1.82) is 0 Å². The normalized spacial score (nSPS) is 11.3. The van der Waals surface area contributed by atoms with Crippen LogP contribution in [-0.4, -0.2) is 25.2 Å². The minimum atomic E-state index is -4.07. The molecule has 0 radical (unpaired) electrons. The Kier molecular flexibility index (Phi) is 4.47. The lowest BCUT2D eigenvalue weighted by Gasteiger charge is -2.09. The van der Waals surface area contributed by atoms with E-state index in [0.717, 1.165) is 6.07 Å². The van der Waals surface area contributed by atoms with E-state index in [1.165, 1.54) is 0 Å². The largest absolute Gasteiger partial charge is 0.481 e. The third kappa shape index (κ3) is 4.11. The standard InChI is InChI=1S/C9H8ClF2NO4S/c10-6-3-5(11)4-7(12)9(6)13-18(16,17)2-1-8(14)15/h3-4,13H,1-2H2,(H,14,15). The van der Waals surface area contributed by atoms with E-state index >= 15 is 0 Å². The second kappa shape index (κ2) is 5.49. The molecule has 0 fully saturated rings. The van der Waals surface area contributed by atoms with E-state index in [-0.39, 0.29) is 0 Å². The first kappa shape index (κ1) is 14.7. The Bertz CT molecular complexity index is 553. The summed E-state index contributed by atoms with van der Waals surface area (Å²) in [7, 11) is -4.07. The van der Waals surface area contributed by atoms with Crippen molar-refractivity contribution in [2.75, 3.05) is 10.5 Å². The third-order valence-electron chi connectivity index (χ3n) is 1.85. The molecule has 0 aliphatic heterocycles. The van der Waals surface area contributed by atoms with Crippen molar-refractivity contribution < 1.29 is 27.1 Å². The summed E-state index contributed by atoms with van der Waals surface area (Å²) >= 11 is 5.48. The van der Waals surface area contributed by atoms with E-state index in [0.29, 0.717) is 6.07 Å². The highest BCUT2D eigenvalue weighted by Gasteiger charge is 2.18. The molecule has 0 aromatic heterocycles. The molecule has 0 aliphatic rings. The number of rotatable bonds is 5. The molecule has 0 saturated heterocycles. The Hall–Kier alpha value is -1.41. The topological polar surface area (TPSA) is 83.5 Å². The van der Waals surface area contributed by atoms with Gasteiger partial charge in [0.05, 0.1) is 17.2 Å². The van der Waals surface area contributed by atoms with Gasteiger partial charge in [0.15, 0.2) is 5.82 Å². The highest BCUT2D eigenvalue weighted by Crippen LogP contribution is 2.27. The van der Waals surface area contributed by atoms with Crippen molar-refractivity contribution in [2.24, 2.45) is 0 Å². The molecule has 0 atom stereocenters. The second-order valence-electron chi connectivity index (χ2n) is 3.31. The summed E-state index contributed by atoms with van der Waals surface area (Å²) in [4.78, 5) is 10.2. The first-order chi connectivity index (χ1) is 8.21. The van der Waals surface area contributed by atoms with Crippen molar-refractivity contribution in [2.45, 2.75) is 6.42 Å². The summed E-state index contributed by atoms with van der Waals surface area (Å²) in [5.41, 5.74) is -0.608. The number of hydrogen-bond acceptors (Lipinski definition) is 3. The summed E-state index contributed by atoms with van der Waals surface area (Å²) in [6, 6.07) is 1.20. The van der Waals surface area contributed by atoms with Gasteiger partial charge in [-0.3, -0.25) is 9.52 Å². The molecule has 2 N–H and O–H groups in total. The van der Waals surface area contributed by atoms with Crippen LogP contribution in [0.5, 0.6) is 0 Å². The molecule has 1 aromatic carbocycles. The fourth-order valence-electron chi connectivity index (χ4n) is 1.07. The first-order valence-corrected chi connectivity index (χ1v) is 6.61. The molecule has 0 spiro atoms. The number of nitrogens with one attached hydrogen (secondary N) is 1. The monoisotopic (exact) mass is 299 g/mol. The van der Waals surface area contributed by atoms with Crippen molar-refractivity contribution in [3.63, 3.8) is 0 Å². The molecule has 100 valence electrons. The lowest BCUT2D eigenvalue weighted by Crippen LogP contribution is -2.19. The number of anilines is 1. The number of aliphatic carboxylic acids is 1. The van der Waals surface area contributed by atoms with Gasteiger partial charge in [-0.1, -0.05) is 11.6 Å². The number of halogens is 3. The summed E-state index contributed by atoms with van der Waals surface area (Å²) in [5.74, 6) is -4.19. The number of benzene rings is 1. The van der Waals surface area contributed by atoms with Gasteiger partial charge in [0.25, 0.3) is 0 Å². The number of carboxylic acid groups (broad SMARTS) is 1. The van der Waals surface area contributed by atoms with Crippen LogP contribution in [0.3, 0.4) is 0 Å². The predicted molar refractivity (Wildman–Crippen MR) is 61.0 cm³/mol. The van der Waals surface area contributed by atoms with Gasteiger partial charge in [-0.25, -0.2) is 17.2 Å².